The lowest BCUT2D eigenvalue weighted by Gasteiger charge is -2.21. The Morgan fingerprint density at radius 3 is 2.67 bits per heavy atom. The predicted molar refractivity (Wildman–Crippen MR) is 55.6 cm³/mol. The van der Waals surface area contributed by atoms with Crippen molar-refractivity contribution in [2.75, 3.05) is 0 Å². The summed E-state index contributed by atoms with van der Waals surface area (Å²) in [6.45, 7) is 0. The highest BCUT2D eigenvalue weighted by Gasteiger charge is 2.32. The predicted octanol–water partition coefficient (Wildman–Crippen LogP) is 3.14. The van der Waals surface area contributed by atoms with Crippen molar-refractivity contribution in [2.24, 2.45) is 0 Å². The van der Waals surface area contributed by atoms with E-state index in [1.165, 1.54) is 12.1 Å². The number of halogens is 3. The zero-order valence-corrected chi connectivity index (χ0v) is 9.07. The number of esters is 1. The molecular formula is C12H9F3O3. The second-order valence-electron chi connectivity index (χ2n) is 3.89. The highest BCUT2D eigenvalue weighted by Crippen LogP contribution is 2.33. The Morgan fingerprint density at radius 2 is 2.06 bits per heavy atom. The second kappa shape index (κ2) is 4.36. The number of alkyl halides is 3. The van der Waals surface area contributed by atoms with Gasteiger partial charge in [0.2, 0.25) is 0 Å². The molecule has 3 nitrogen and oxygen atoms in total. The Kier molecular flexibility index (Phi) is 3.02. The highest BCUT2D eigenvalue weighted by atomic mass is 19.4. The van der Waals surface area contributed by atoms with Gasteiger partial charge < -0.3 is 9.84 Å². The number of cyclic esters (lactones) is 1. The second-order valence-corrected chi connectivity index (χ2v) is 3.89. The number of ether oxygens (including phenoxy) is 1. The van der Waals surface area contributed by atoms with Gasteiger partial charge in [-0.1, -0.05) is 12.1 Å². The summed E-state index contributed by atoms with van der Waals surface area (Å²) in [5.74, 6) is -0.963. The number of aliphatic hydroxyl groups is 1. The molecule has 1 aliphatic rings. The third-order valence-electron chi connectivity index (χ3n) is 2.52. The van der Waals surface area contributed by atoms with E-state index in [4.69, 9.17) is 4.74 Å². The molecule has 1 aliphatic heterocycles. The molecule has 6 heteroatoms. The van der Waals surface area contributed by atoms with Crippen molar-refractivity contribution in [2.45, 2.75) is 18.7 Å². The maximum atomic E-state index is 12.5. The maximum Gasteiger partial charge on any atom is 0.416 e. The van der Waals surface area contributed by atoms with Crippen LogP contribution in [-0.2, 0) is 15.7 Å². The number of carbonyl (C=O) groups excluding carboxylic acids is 1. The zero-order valence-electron chi connectivity index (χ0n) is 9.07. The lowest BCUT2D eigenvalue weighted by Crippen LogP contribution is -2.16. The fourth-order valence-electron chi connectivity index (χ4n) is 1.70. The molecule has 0 aliphatic carbocycles. The van der Waals surface area contributed by atoms with Gasteiger partial charge in [0.1, 0.15) is 11.9 Å². The fourth-order valence-corrected chi connectivity index (χ4v) is 1.70. The van der Waals surface area contributed by atoms with Crippen LogP contribution < -0.4 is 0 Å². The van der Waals surface area contributed by atoms with Crippen LogP contribution in [0, 0.1) is 0 Å². The van der Waals surface area contributed by atoms with Gasteiger partial charge in [-0.3, -0.25) is 0 Å². The lowest BCUT2D eigenvalue weighted by molar-refractivity contribution is -0.145. The first-order valence-electron chi connectivity index (χ1n) is 5.13. The van der Waals surface area contributed by atoms with Gasteiger partial charge in [0.25, 0.3) is 0 Å². The summed E-state index contributed by atoms with van der Waals surface area (Å²) in [5, 5.41) is 9.28. The van der Waals surface area contributed by atoms with Crippen molar-refractivity contribution < 1.29 is 27.8 Å². The number of hydrogen-bond donors (Lipinski definition) is 1. The minimum absolute atomic E-state index is 0.0208. The first-order valence-corrected chi connectivity index (χ1v) is 5.13. The Bertz CT molecular complexity index is 506. The van der Waals surface area contributed by atoms with E-state index in [2.05, 4.69) is 0 Å². The molecule has 0 fully saturated rings. The summed E-state index contributed by atoms with van der Waals surface area (Å²) in [7, 11) is 0. The third-order valence-corrected chi connectivity index (χ3v) is 2.52. The van der Waals surface area contributed by atoms with Crippen molar-refractivity contribution in [1.29, 1.82) is 0 Å². The molecule has 1 unspecified atom stereocenters. The SMILES string of the molecule is O=C1C=C(O)CC(c2cccc(C(F)(F)F)c2)O1. The van der Waals surface area contributed by atoms with Crippen molar-refractivity contribution in [3.8, 4) is 0 Å². The summed E-state index contributed by atoms with van der Waals surface area (Å²) in [6, 6.07) is 4.51. The third kappa shape index (κ3) is 2.64. The molecule has 1 N–H and O–H groups in total. The van der Waals surface area contributed by atoms with Gasteiger partial charge in [-0.2, -0.15) is 13.2 Å². The van der Waals surface area contributed by atoms with Crippen molar-refractivity contribution >= 4 is 5.97 Å². The molecule has 0 aromatic heterocycles. The lowest BCUT2D eigenvalue weighted by atomic mass is 10.0. The van der Waals surface area contributed by atoms with Crippen molar-refractivity contribution in [1.82, 2.24) is 0 Å². The van der Waals surface area contributed by atoms with Gasteiger partial charge in [0.05, 0.1) is 11.6 Å². The van der Waals surface area contributed by atoms with E-state index in [9.17, 15) is 23.1 Å². The highest BCUT2D eigenvalue weighted by molar-refractivity contribution is 5.83. The minimum Gasteiger partial charge on any atom is -0.512 e. The summed E-state index contributed by atoms with van der Waals surface area (Å²) >= 11 is 0. The molecular weight excluding hydrogens is 249 g/mol. The topological polar surface area (TPSA) is 46.5 Å². The van der Waals surface area contributed by atoms with Gasteiger partial charge in [-0.05, 0) is 17.7 Å². The van der Waals surface area contributed by atoms with Gasteiger partial charge >= 0.3 is 12.1 Å². The molecule has 0 spiro atoms. The number of carbonyl (C=O) groups is 1. The van der Waals surface area contributed by atoms with E-state index in [0.29, 0.717) is 0 Å². The van der Waals surface area contributed by atoms with Crippen LogP contribution in [0.4, 0.5) is 13.2 Å². The van der Waals surface area contributed by atoms with Gasteiger partial charge in [0, 0.05) is 6.42 Å². The van der Waals surface area contributed by atoms with Crippen LogP contribution in [0.2, 0.25) is 0 Å². The molecule has 1 aromatic carbocycles. The summed E-state index contributed by atoms with van der Waals surface area (Å²) < 4.78 is 42.4. The molecule has 0 saturated carbocycles. The fraction of sp³-hybridized carbons (Fsp3) is 0.250. The van der Waals surface area contributed by atoms with Crippen molar-refractivity contribution in [3.05, 3.63) is 47.2 Å². The number of benzene rings is 1. The molecule has 2 rings (SSSR count). The van der Waals surface area contributed by atoms with E-state index in [1.807, 2.05) is 0 Å². The molecule has 1 heterocycles. The maximum absolute atomic E-state index is 12.5. The molecule has 0 amide bonds. The average molecular weight is 258 g/mol. The van der Waals surface area contributed by atoms with Gasteiger partial charge in [-0.25, -0.2) is 4.79 Å². The van der Waals surface area contributed by atoms with Crippen LogP contribution >= 0.6 is 0 Å². The van der Waals surface area contributed by atoms with Crippen LogP contribution in [0.25, 0.3) is 0 Å². The minimum atomic E-state index is -4.45. The largest absolute Gasteiger partial charge is 0.512 e. The van der Waals surface area contributed by atoms with Crippen LogP contribution in [0.1, 0.15) is 23.7 Å². The Hall–Kier alpha value is -1.98. The molecule has 0 saturated heterocycles. The first kappa shape index (κ1) is 12.5. The van der Waals surface area contributed by atoms with E-state index in [0.717, 1.165) is 18.2 Å². The number of rotatable bonds is 1. The standard InChI is InChI=1S/C12H9F3O3/c13-12(14,15)8-3-1-2-7(4-8)10-5-9(16)6-11(17)18-10/h1-4,6,10,16H,5H2. The molecule has 18 heavy (non-hydrogen) atoms. The molecule has 1 aromatic rings. The zero-order chi connectivity index (χ0) is 13.3. The van der Waals surface area contributed by atoms with Crippen LogP contribution in [0.3, 0.4) is 0 Å². The first-order chi connectivity index (χ1) is 8.36. The van der Waals surface area contributed by atoms with E-state index in [1.54, 1.807) is 0 Å². The quantitative estimate of drug-likeness (QED) is 0.787. The van der Waals surface area contributed by atoms with E-state index < -0.39 is 23.8 Å². The smallest absolute Gasteiger partial charge is 0.416 e. The molecule has 0 bridgehead atoms. The molecule has 1 atom stereocenters. The Labute approximate surface area is 100 Å². The van der Waals surface area contributed by atoms with E-state index >= 15 is 0 Å². The summed E-state index contributed by atoms with van der Waals surface area (Å²) in [5.41, 5.74) is -0.608. The summed E-state index contributed by atoms with van der Waals surface area (Å²) in [4.78, 5) is 11.1. The van der Waals surface area contributed by atoms with Crippen molar-refractivity contribution in [3.63, 3.8) is 0 Å². The number of hydrogen-bond acceptors (Lipinski definition) is 3. The number of aliphatic hydroxyl groups excluding tert-OH is 1. The molecule has 0 radical (unpaired) electrons. The normalized spacial score (nSPS) is 20.3. The van der Waals surface area contributed by atoms with Crippen LogP contribution in [0.15, 0.2) is 36.1 Å². The van der Waals surface area contributed by atoms with Gasteiger partial charge in [-0.15, -0.1) is 0 Å². The summed E-state index contributed by atoms with van der Waals surface area (Å²) in [6.07, 6.45) is -4.45. The Morgan fingerprint density at radius 1 is 1.33 bits per heavy atom. The Balaban J connectivity index is 2.30. The van der Waals surface area contributed by atoms with Crippen LogP contribution in [-0.4, -0.2) is 11.1 Å². The van der Waals surface area contributed by atoms with Gasteiger partial charge in [0.15, 0.2) is 0 Å². The van der Waals surface area contributed by atoms with E-state index in [-0.39, 0.29) is 17.7 Å². The van der Waals surface area contributed by atoms with Crippen LogP contribution in [0.5, 0.6) is 0 Å². The molecule has 96 valence electrons. The average Bonchev–Trinajstić information content (AvgIpc) is 2.27. The monoisotopic (exact) mass is 258 g/mol.